The van der Waals surface area contributed by atoms with Crippen molar-refractivity contribution in [2.24, 2.45) is 0 Å². The topological polar surface area (TPSA) is 66.8 Å². The minimum atomic E-state index is -1.13. The molecule has 0 aliphatic carbocycles. The largest absolute Gasteiger partial charge is 0.496 e. The molecule has 0 bridgehead atoms. The molecule has 0 heterocycles. The van der Waals surface area contributed by atoms with Crippen LogP contribution in [0.5, 0.6) is 5.75 Å². The highest BCUT2D eigenvalue weighted by molar-refractivity contribution is 6.17. The van der Waals surface area contributed by atoms with Crippen molar-refractivity contribution in [3.05, 3.63) is 71.3 Å². The summed E-state index contributed by atoms with van der Waals surface area (Å²) in [7, 11) is 1.51. The van der Waals surface area contributed by atoms with Gasteiger partial charge in [-0.05, 0) is 48.9 Å². The number of carboxylic acids is 1. The lowest BCUT2D eigenvalue weighted by molar-refractivity contribution is 0.0693. The lowest BCUT2D eigenvalue weighted by atomic mass is 9.94. The highest BCUT2D eigenvalue weighted by Gasteiger charge is 2.22. The molecule has 0 unspecified atom stereocenters. The number of ketones is 1. The van der Waals surface area contributed by atoms with E-state index in [0.29, 0.717) is 11.3 Å². The Labute approximate surface area is 164 Å². The Bertz CT molecular complexity index is 1040. The number of fused-ring (bicyclic) bond motifs is 1. The Morgan fingerprint density at radius 1 is 0.893 bits per heavy atom. The number of hydrogen-bond donors (Lipinski definition) is 1. The third-order valence-electron chi connectivity index (χ3n) is 4.92. The molecule has 1 N–H and O–H groups in total. The molecule has 0 saturated heterocycles. The third-order valence-corrected chi connectivity index (χ3v) is 4.92. The van der Waals surface area contributed by atoms with Gasteiger partial charge in [0.05, 0.1) is 18.2 Å². The average molecular weight is 377 g/mol. The van der Waals surface area contributed by atoms with E-state index in [1.807, 2.05) is 36.4 Å². The summed E-state index contributed by atoms with van der Waals surface area (Å²) in [5.41, 5.74) is 1.44. The monoisotopic (exact) mass is 377 g/mol. The molecule has 144 valence electrons. The maximum absolute atomic E-state index is 13.3. The van der Waals surface area contributed by atoms with Gasteiger partial charge in [-0.1, -0.05) is 24.3 Å². The van der Waals surface area contributed by atoms with Gasteiger partial charge in [-0.3, -0.25) is 4.79 Å². The molecule has 5 nitrogen and oxygen atoms in total. The van der Waals surface area contributed by atoms with Gasteiger partial charge in [0.1, 0.15) is 5.75 Å². The average Bonchev–Trinajstić information content (AvgIpc) is 2.73. The SMILES string of the molecule is CCN(CC)c1ccc(C(=O)c2cc3ccccc3cc2C(=O)O)c(OC)c1. The first kappa shape index (κ1) is 19.4. The standard InChI is InChI=1S/C23H23NO4/c1-4-24(5-2)17-10-11-18(21(14-17)28-3)22(25)19-12-15-8-6-7-9-16(15)13-20(19)23(26)27/h6-14H,4-5H2,1-3H3,(H,26,27). The molecule has 3 rings (SSSR count). The lowest BCUT2D eigenvalue weighted by Gasteiger charge is -2.22. The molecule has 0 aromatic heterocycles. The van der Waals surface area contributed by atoms with Crippen LogP contribution >= 0.6 is 0 Å². The molecule has 28 heavy (non-hydrogen) atoms. The van der Waals surface area contributed by atoms with Crippen molar-refractivity contribution in [3.63, 3.8) is 0 Å². The molecule has 0 radical (unpaired) electrons. The molecule has 0 amide bonds. The second-order valence-corrected chi connectivity index (χ2v) is 6.44. The van der Waals surface area contributed by atoms with Crippen molar-refractivity contribution in [3.8, 4) is 5.75 Å². The fourth-order valence-corrected chi connectivity index (χ4v) is 3.40. The van der Waals surface area contributed by atoms with E-state index in [-0.39, 0.29) is 16.9 Å². The number of methoxy groups -OCH3 is 1. The van der Waals surface area contributed by atoms with Gasteiger partial charge >= 0.3 is 5.97 Å². The summed E-state index contributed by atoms with van der Waals surface area (Å²) in [5.74, 6) is -1.07. The molecular weight excluding hydrogens is 354 g/mol. The highest BCUT2D eigenvalue weighted by atomic mass is 16.5. The zero-order valence-electron chi connectivity index (χ0n) is 16.2. The summed E-state index contributed by atoms with van der Waals surface area (Å²) >= 11 is 0. The van der Waals surface area contributed by atoms with Crippen LogP contribution in [0.4, 0.5) is 5.69 Å². The number of benzene rings is 3. The van der Waals surface area contributed by atoms with E-state index in [1.54, 1.807) is 18.2 Å². The molecule has 0 aliphatic heterocycles. The first-order valence-corrected chi connectivity index (χ1v) is 9.23. The van der Waals surface area contributed by atoms with Gasteiger partial charge in [-0.15, -0.1) is 0 Å². The predicted octanol–water partition coefficient (Wildman–Crippen LogP) is 4.62. The minimum Gasteiger partial charge on any atom is -0.496 e. The number of hydrogen-bond acceptors (Lipinski definition) is 4. The van der Waals surface area contributed by atoms with Gasteiger partial charge < -0.3 is 14.7 Å². The van der Waals surface area contributed by atoms with E-state index >= 15 is 0 Å². The van der Waals surface area contributed by atoms with Gasteiger partial charge in [0.25, 0.3) is 0 Å². The molecule has 0 fully saturated rings. The number of aromatic carboxylic acids is 1. The molecule has 0 aliphatic rings. The Hall–Kier alpha value is -3.34. The van der Waals surface area contributed by atoms with Crippen LogP contribution in [0.2, 0.25) is 0 Å². The van der Waals surface area contributed by atoms with Crippen LogP contribution in [-0.2, 0) is 0 Å². The van der Waals surface area contributed by atoms with E-state index in [1.165, 1.54) is 7.11 Å². The normalized spacial score (nSPS) is 10.7. The number of anilines is 1. The van der Waals surface area contributed by atoms with E-state index in [4.69, 9.17) is 4.74 Å². The van der Waals surface area contributed by atoms with Crippen molar-refractivity contribution in [2.45, 2.75) is 13.8 Å². The fourth-order valence-electron chi connectivity index (χ4n) is 3.40. The summed E-state index contributed by atoms with van der Waals surface area (Å²) in [6.45, 7) is 5.79. The zero-order chi connectivity index (χ0) is 20.3. The second kappa shape index (κ2) is 8.13. The van der Waals surface area contributed by atoms with Crippen LogP contribution in [0.3, 0.4) is 0 Å². The summed E-state index contributed by atoms with van der Waals surface area (Å²) < 4.78 is 5.46. The van der Waals surface area contributed by atoms with Crippen molar-refractivity contribution < 1.29 is 19.4 Å². The van der Waals surface area contributed by atoms with Crippen LogP contribution in [0.15, 0.2) is 54.6 Å². The molecular formula is C23H23NO4. The Morgan fingerprint density at radius 3 is 2.04 bits per heavy atom. The summed E-state index contributed by atoms with van der Waals surface area (Å²) in [5, 5.41) is 11.2. The Balaban J connectivity index is 2.13. The van der Waals surface area contributed by atoms with Crippen molar-refractivity contribution >= 4 is 28.2 Å². The number of carbonyl (C=O) groups is 2. The van der Waals surface area contributed by atoms with Crippen LogP contribution in [-0.4, -0.2) is 37.1 Å². The number of nitrogens with zero attached hydrogens (tertiary/aromatic N) is 1. The summed E-state index contributed by atoms with van der Waals surface area (Å²) in [6.07, 6.45) is 0. The summed E-state index contributed by atoms with van der Waals surface area (Å²) in [4.78, 5) is 27.2. The number of ether oxygens (including phenoxy) is 1. The van der Waals surface area contributed by atoms with Crippen molar-refractivity contribution in [2.75, 3.05) is 25.1 Å². The smallest absolute Gasteiger partial charge is 0.336 e. The van der Waals surface area contributed by atoms with E-state index in [0.717, 1.165) is 29.5 Å². The number of rotatable bonds is 7. The van der Waals surface area contributed by atoms with Crippen LogP contribution in [0, 0.1) is 0 Å². The van der Waals surface area contributed by atoms with E-state index in [9.17, 15) is 14.7 Å². The molecule has 0 atom stereocenters. The molecule has 0 saturated carbocycles. The first-order chi connectivity index (χ1) is 13.5. The van der Waals surface area contributed by atoms with Crippen LogP contribution < -0.4 is 9.64 Å². The van der Waals surface area contributed by atoms with Gasteiger partial charge in [-0.2, -0.15) is 0 Å². The van der Waals surface area contributed by atoms with Crippen LogP contribution in [0.25, 0.3) is 10.8 Å². The number of carboxylic acid groups (broad SMARTS) is 1. The second-order valence-electron chi connectivity index (χ2n) is 6.44. The fraction of sp³-hybridized carbons (Fsp3) is 0.217. The highest BCUT2D eigenvalue weighted by Crippen LogP contribution is 2.30. The first-order valence-electron chi connectivity index (χ1n) is 9.23. The van der Waals surface area contributed by atoms with E-state index < -0.39 is 5.97 Å². The molecule has 0 spiro atoms. The quantitative estimate of drug-likeness (QED) is 0.609. The maximum atomic E-state index is 13.3. The van der Waals surface area contributed by atoms with Crippen LogP contribution in [0.1, 0.15) is 40.1 Å². The van der Waals surface area contributed by atoms with Gasteiger partial charge in [0.15, 0.2) is 5.78 Å². The third kappa shape index (κ3) is 3.56. The zero-order valence-corrected chi connectivity index (χ0v) is 16.2. The molecule has 3 aromatic carbocycles. The lowest BCUT2D eigenvalue weighted by Crippen LogP contribution is -2.22. The van der Waals surface area contributed by atoms with Gasteiger partial charge in [0, 0.05) is 30.4 Å². The molecule has 3 aromatic rings. The van der Waals surface area contributed by atoms with Crippen molar-refractivity contribution in [1.29, 1.82) is 0 Å². The van der Waals surface area contributed by atoms with Crippen molar-refractivity contribution in [1.82, 2.24) is 0 Å². The number of carbonyl (C=O) groups excluding carboxylic acids is 1. The minimum absolute atomic E-state index is 0.0152. The van der Waals surface area contributed by atoms with E-state index in [2.05, 4.69) is 18.7 Å². The van der Waals surface area contributed by atoms with Gasteiger partial charge in [0.2, 0.25) is 0 Å². The predicted molar refractivity (Wildman–Crippen MR) is 111 cm³/mol. The Kier molecular flexibility index (Phi) is 5.64. The summed E-state index contributed by atoms with van der Waals surface area (Å²) in [6, 6.07) is 16.0. The van der Waals surface area contributed by atoms with Gasteiger partial charge in [-0.25, -0.2) is 4.79 Å². The Morgan fingerprint density at radius 2 is 1.50 bits per heavy atom. The molecule has 5 heteroatoms. The maximum Gasteiger partial charge on any atom is 0.336 e.